The molecule has 1 aliphatic heterocycles. The molecule has 0 radical (unpaired) electrons. The van der Waals surface area contributed by atoms with E-state index < -0.39 is 5.91 Å². The Balaban J connectivity index is 1.85. The molecule has 0 aliphatic carbocycles. The molecule has 1 unspecified atom stereocenters. The summed E-state index contributed by atoms with van der Waals surface area (Å²) in [5.41, 5.74) is 3.77. The molecule has 3 rings (SSSR count). The fourth-order valence-corrected chi connectivity index (χ4v) is 3.83. The first-order valence-electron chi connectivity index (χ1n) is 7.55. The number of nitrogens with one attached hydrogen (secondary N) is 1. The largest absolute Gasteiger partial charge is 0.490 e. The van der Waals surface area contributed by atoms with Crippen LogP contribution in [0.5, 0.6) is 5.75 Å². The summed E-state index contributed by atoms with van der Waals surface area (Å²) in [6.07, 6.45) is 1.87. The number of amides is 1. The standard InChI is InChI=1S/C18H18N2O3S/c1-2-11-23-14-9-7-13(8-10-14)20-16(12-18(21)19-22)15-5-3-4-6-17(15)24-20/h2-10,16,22H,1,11-12H2,(H,19,21). The lowest BCUT2D eigenvalue weighted by atomic mass is 10.0. The maximum Gasteiger partial charge on any atom is 0.245 e. The van der Waals surface area contributed by atoms with Crippen LogP contribution in [0, 0.1) is 0 Å². The van der Waals surface area contributed by atoms with Crippen LogP contribution in [0.1, 0.15) is 18.0 Å². The van der Waals surface area contributed by atoms with Crippen molar-refractivity contribution in [3.63, 3.8) is 0 Å². The summed E-state index contributed by atoms with van der Waals surface area (Å²) in [5, 5.41) is 8.87. The second-order valence-corrected chi connectivity index (χ2v) is 6.32. The molecule has 2 aromatic carbocycles. The number of ether oxygens (including phenoxy) is 1. The third-order valence-electron chi connectivity index (χ3n) is 3.72. The lowest BCUT2D eigenvalue weighted by molar-refractivity contribution is -0.129. The number of carbonyl (C=O) groups is 1. The summed E-state index contributed by atoms with van der Waals surface area (Å²) in [4.78, 5) is 12.8. The molecule has 24 heavy (non-hydrogen) atoms. The van der Waals surface area contributed by atoms with Crippen LogP contribution in [0.25, 0.3) is 0 Å². The monoisotopic (exact) mass is 342 g/mol. The average molecular weight is 342 g/mol. The van der Waals surface area contributed by atoms with Gasteiger partial charge in [-0.2, -0.15) is 0 Å². The van der Waals surface area contributed by atoms with Gasteiger partial charge in [-0.05, 0) is 47.8 Å². The van der Waals surface area contributed by atoms with Gasteiger partial charge in [0.1, 0.15) is 12.4 Å². The van der Waals surface area contributed by atoms with Gasteiger partial charge < -0.3 is 9.04 Å². The number of nitrogens with zero attached hydrogens (tertiary/aromatic N) is 1. The fraction of sp³-hybridized carbons (Fsp3) is 0.167. The normalized spacial score (nSPS) is 15.7. The lowest BCUT2D eigenvalue weighted by Gasteiger charge is -2.25. The maximum absolute atomic E-state index is 11.7. The van der Waals surface area contributed by atoms with Crippen LogP contribution >= 0.6 is 11.9 Å². The van der Waals surface area contributed by atoms with Crippen molar-refractivity contribution < 1.29 is 14.7 Å². The van der Waals surface area contributed by atoms with Crippen LogP contribution in [-0.4, -0.2) is 17.7 Å². The minimum Gasteiger partial charge on any atom is -0.490 e. The summed E-state index contributed by atoms with van der Waals surface area (Å²) in [6.45, 7) is 4.09. The highest BCUT2D eigenvalue weighted by Gasteiger charge is 2.33. The van der Waals surface area contributed by atoms with Crippen molar-refractivity contribution in [2.75, 3.05) is 10.9 Å². The van der Waals surface area contributed by atoms with E-state index in [9.17, 15) is 4.79 Å². The molecule has 0 saturated carbocycles. The molecule has 1 amide bonds. The van der Waals surface area contributed by atoms with Crippen LogP contribution in [0.3, 0.4) is 0 Å². The molecule has 0 fully saturated rings. The van der Waals surface area contributed by atoms with Crippen molar-refractivity contribution in [2.45, 2.75) is 17.4 Å². The average Bonchev–Trinajstić information content (AvgIpc) is 2.99. The van der Waals surface area contributed by atoms with Crippen LogP contribution in [0.4, 0.5) is 5.69 Å². The van der Waals surface area contributed by atoms with E-state index in [-0.39, 0.29) is 12.5 Å². The fourth-order valence-electron chi connectivity index (χ4n) is 2.63. The number of rotatable bonds is 6. The van der Waals surface area contributed by atoms with Gasteiger partial charge in [0.25, 0.3) is 0 Å². The number of hydrogen-bond acceptors (Lipinski definition) is 5. The summed E-state index contributed by atoms with van der Waals surface area (Å²) in [5.74, 6) is 0.359. The molecule has 0 spiro atoms. The first kappa shape index (κ1) is 16.4. The molecule has 0 bridgehead atoms. The smallest absolute Gasteiger partial charge is 0.245 e. The number of benzene rings is 2. The zero-order valence-electron chi connectivity index (χ0n) is 13.0. The zero-order valence-corrected chi connectivity index (χ0v) is 13.8. The van der Waals surface area contributed by atoms with Gasteiger partial charge in [-0.25, -0.2) is 5.48 Å². The number of fused-ring (bicyclic) bond motifs is 1. The predicted octanol–water partition coefficient (Wildman–Crippen LogP) is 3.72. The van der Waals surface area contributed by atoms with Gasteiger partial charge in [0.15, 0.2) is 0 Å². The minimum atomic E-state index is -0.409. The van der Waals surface area contributed by atoms with E-state index in [1.165, 1.54) is 0 Å². The Hall–Kier alpha value is -2.44. The summed E-state index contributed by atoms with van der Waals surface area (Å²) in [6, 6.07) is 15.5. The van der Waals surface area contributed by atoms with E-state index >= 15 is 0 Å². The first-order chi connectivity index (χ1) is 11.7. The van der Waals surface area contributed by atoms with Crippen LogP contribution < -0.4 is 14.5 Å². The lowest BCUT2D eigenvalue weighted by Crippen LogP contribution is -2.26. The van der Waals surface area contributed by atoms with Crippen molar-refractivity contribution in [2.24, 2.45) is 0 Å². The Morgan fingerprint density at radius 1 is 1.29 bits per heavy atom. The van der Waals surface area contributed by atoms with Gasteiger partial charge in [-0.1, -0.05) is 30.9 Å². The Morgan fingerprint density at radius 2 is 2.04 bits per heavy atom. The van der Waals surface area contributed by atoms with E-state index in [4.69, 9.17) is 9.94 Å². The number of hydroxylamine groups is 1. The van der Waals surface area contributed by atoms with E-state index in [1.807, 2.05) is 48.5 Å². The molecule has 6 heteroatoms. The Bertz CT molecular complexity index is 733. The maximum atomic E-state index is 11.7. The third-order valence-corrected chi connectivity index (χ3v) is 4.95. The predicted molar refractivity (Wildman–Crippen MR) is 94.2 cm³/mol. The highest BCUT2D eigenvalue weighted by atomic mass is 32.2. The van der Waals surface area contributed by atoms with E-state index in [2.05, 4.69) is 10.9 Å². The molecule has 0 saturated heterocycles. The third kappa shape index (κ3) is 3.39. The topological polar surface area (TPSA) is 61.8 Å². The molecular formula is C18H18N2O3S. The molecule has 1 atom stereocenters. The Morgan fingerprint density at radius 3 is 2.75 bits per heavy atom. The van der Waals surface area contributed by atoms with Gasteiger partial charge >= 0.3 is 0 Å². The van der Waals surface area contributed by atoms with Crippen molar-refractivity contribution in [1.82, 2.24) is 5.48 Å². The SMILES string of the molecule is C=CCOc1ccc(N2Sc3ccccc3C2CC(=O)NO)cc1. The van der Waals surface area contributed by atoms with Gasteiger partial charge in [0.2, 0.25) is 5.91 Å². The van der Waals surface area contributed by atoms with Crippen molar-refractivity contribution >= 4 is 23.5 Å². The quantitative estimate of drug-likeness (QED) is 0.363. The van der Waals surface area contributed by atoms with Crippen molar-refractivity contribution in [3.8, 4) is 5.75 Å². The summed E-state index contributed by atoms with van der Waals surface area (Å²) in [7, 11) is 0. The van der Waals surface area contributed by atoms with E-state index in [1.54, 1.807) is 23.5 Å². The van der Waals surface area contributed by atoms with Crippen LogP contribution in [0.15, 0.2) is 66.1 Å². The second-order valence-electron chi connectivity index (χ2n) is 5.30. The number of carbonyl (C=O) groups excluding carboxylic acids is 1. The van der Waals surface area contributed by atoms with Crippen molar-refractivity contribution in [3.05, 3.63) is 66.7 Å². The van der Waals surface area contributed by atoms with E-state index in [0.29, 0.717) is 6.61 Å². The highest BCUT2D eigenvalue weighted by Crippen LogP contribution is 2.48. The number of hydrogen-bond donors (Lipinski definition) is 2. The van der Waals surface area contributed by atoms with Crippen molar-refractivity contribution in [1.29, 1.82) is 0 Å². The molecule has 124 valence electrons. The Kier molecular flexibility index (Phi) is 5.08. The minimum absolute atomic E-state index is 0.140. The van der Waals surface area contributed by atoms with Crippen LogP contribution in [0.2, 0.25) is 0 Å². The molecular weight excluding hydrogens is 324 g/mol. The van der Waals surface area contributed by atoms with Gasteiger partial charge in [0, 0.05) is 10.6 Å². The number of anilines is 1. The van der Waals surface area contributed by atoms with Gasteiger partial charge in [-0.15, -0.1) is 0 Å². The van der Waals surface area contributed by atoms with Gasteiger partial charge in [-0.3, -0.25) is 10.0 Å². The summed E-state index contributed by atoms with van der Waals surface area (Å²) < 4.78 is 7.58. The van der Waals surface area contributed by atoms with Gasteiger partial charge in [0.05, 0.1) is 12.5 Å². The molecule has 1 heterocycles. The molecule has 5 nitrogen and oxygen atoms in total. The molecule has 2 N–H and O–H groups in total. The zero-order chi connectivity index (χ0) is 16.9. The first-order valence-corrected chi connectivity index (χ1v) is 8.33. The summed E-state index contributed by atoms with van der Waals surface area (Å²) >= 11 is 1.59. The van der Waals surface area contributed by atoms with E-state index in [0.717, 1.165) is 21.9 Å². The second kappa shape index (κ2) is 7.42. The highest BCUT2D eigenvalue weighted by molar-refractivity contribution is 8.01. The van der Waals surface area contributed by atoms with Crippen LogP contribution in [-0.2, 0) is 4.79 Å². The molecule has 2 aromatic rings. The molecule has 1 aliphatic rings. The Labute approximate surface area is 145 Å². The molecule has 0 aromatic heterocycles.